The number of para-hydroxylation sites is 1. The molecule has 2 nitrogen and oxygen atoms in total. The second kappa shape index (κ2) is 6.27. The summed E-state index contributed by atoms with van der Waals surface area (Å²) in [5.74, 6) is 0.531. The molecule has 0 atom stereocenters. The summed E-state index contributed by atoms with van der Waals surface area (Å²) < 4.78 is 19.7. The van der Waals surface area contributed by atoms with Crippen LogP contribution in [0.2, 0.25) is 0 Å². The number of rotatable bonds is 4. The van der Waals surface area contributed by atoms with Gasteiger partial charge in [-0.1, -0.05) is 45.0 Å². The van der Waals surface area contributed by atoms with Crippen molar-refractivity contribution in [1.29, 1.82) is 0 Å². The molecule has 0 aliphatic heterocycles. The number of benzene rings is 2. The summed E-state index contributed by atoms with van der Waals surface area (Å²) in [6.07, 6.45) is 0. The van der Waals surface area contributed by atoms with Crippen molar-refractivity contribution in [1.82, 2.24) is 0 Å². The second-order valence-electron chi connectivity index (χ2n) is 6.16. The van der Waals surface area contributed by atoms with Crippen LogP contribution in [0.3, 0.4) is 0 Å². The Balaban J connectivity index is 2.21. The Morgan fingerprint density at radius 3 is 2.48 bits per heavy atom. The smallest absolute Gasteiger partial charge is 0.129 e. The molecule has 0 heterocycles. The van der Waals surface area contributed by atoms with E-state index in [4.69, 9.17) is 10.5 Å². The first-order chi connectivity index (χ1) is 9.91. The third-order valence-corrected chi connectivity index (χ3v) is 3.42. The van der Waals surface area contributed by atoms with Gasteiger partial charge in [0.15, 0.2) is 0 Å². The third kappa shape index (κ3) is 3.82. The lowest BCUT2D eigenvalue weighted by molar-refractivity contribution is 0.291. The Bertz CT molecular complexity index is 617. The molecule has 0 saturated heterocycles. The zero-order valence-electron chi connectivity index (χ0n) is 12.8. The molecule has 2 aromatic rings. The molecule has 0 aliphatic rings. The maximum atomic E-state index is 13.8. The summed E-state index contributed by atoms with van der Waals surface area (Å²) in [6, 6.07) is 12.8. The van der Waals surface area contributed by atoms with Crippen molar-refractivity contribution < 1.29 is 9.13 Å². The highest BCUT2D eigenvalue weighted by Crippen LogP contribution is 2.31. The highest BCUT2D eigenvalue weighted by molar-refractivity contribution is 5.38. The largest absolute Gasteiger partial charge is 0.488 e. The van der Waals surface area contributed by atoms with Gasteiger partial charge in [-0.05, 0) is 34.7 Å². The standard InChI is InChI=1S/C18H22FNO/c1-18(2,3)15-6-4-5-7-17(15)21-12-14-10-13(11-20)8-9-16(14)19/h4-10H,11-12,20H2,1-3H3. The van der Waals surface area contributed by atoms with Crippen molar-refractivity contribution in [2.24, 2.45) is 5.73 Å². The fraction of sp³-hybridized carbons (Fsp3) is 0.333. The molecule has 2 rings (SSSR count). The van der Waals surface area contributed by atoms with Crippen LogP contribution >= 0.6 is 0 Å². The molecular weight excluding hydrogens is 265 g/mol. The SMILES string of the molecule is CC(C)(C)c1ccccc1OCc1cc(CN)ccc1F. The van der Waals surface area contributed by atoms with E-state index >= 15 is 0 Å². The lowest BCUT2D eigenvalue weighted by Gasteiger charge is -2.22. The van der Waals surface area contributed by atoms with Crippen molar-refractivity contribution in [3.8, 4) is 5.75 Å². The van der Waals surface area contributed by atoms with E-state index in [1.165, 1.54) is 6.07 Å². The van der Waals surface area contributed by atoms with E-state index in [0.29, 0.717) is 12.1 Å². The van der Waals surface area contributed by atoms with Crippen molar-refractivity contribution >= 4 is 0 Å². The molecule has 21 heavy (non-hydrogen) atoms. The lowest BCUT2D eigenvalue weighted by Crippen LogP contribution is -2.13. The molecule has 2 aromatic carbocycles. The molecule has 0 aliphatic carbocycles. The van der Waals surface area contributed by atoms with Gasteiger partial charge < -0.3 is 10.5 Å². The molecule has 112 valence electrons. The molecule has 0 aromatic heterocycles. The first-order valence-corrected chi connectivity index (χ1v) is 7.11. The van der Waals surface area contributed by atoms with E-state index in [9.17, 15) is 4.39 Å². The van der Waals surface area contributed by atoms with Crippen LogP contribution < -0.4 is 10.5 Å². The van der Waals surface area contributed by atoms with Gasteiger partial charge in [0.25, 0.3) is 0 Å². The van der Waals surface area contributed by atoms with Gasteiger partial charge >= 0.3 is 0 Å². The van der Waals surface area contributed by atoms with Crippen LogP contribution in [0.1, 0.15) is 37.5 Å². The normalized spacial score (nSPS) is 11.5. The summed E-state index contributed by atoms with van der Waals surface area (Å²) in [5.41, 5.74) is 8.12. The molecule has 3 heteroatoms. The maximum Gasteiger partial charge on any atom is 0.129 e. The van der Waals surface area contributed by atoms with Crippen LogP contribution in [0.4, 0.5) is 4.39 Å². The van der Waals surface area contributed by atoms with Gasteiger partial charge in [0.1, 0.15) is 18.2 Å². The average Bonchev–Trinajstić information content (AvgIpc) is 2.46. The molecule has 2 N–H and O–H groups in total. The molecular formula is C18H22FNO. The molecule has 0 amide bonds. The number of ether oxygens (including phenoxy) is 1. The van der Waals surface area contributed by atoms with Crippen molar-refractivity contribution in [2.75, 3.05) is 0 Å². The van der Waals surface area contributed by atoms with Gasteiger partial charge in [0.05, 0.1) is 0 Å². The second-order valence-corrected chi connectivity index (χ2v) is 6.16. The summed E-state index contributed by atoms with van der Waals surface area (Å²) >= 11 is 0. The Kier molecular flexibility index (Phi) is 4.63. The molecule has 0 radical (unpaired) electrons. The fourth-order valence-corrected chi connectivity index (χ4v) is 2.23. The number of nitrogens with two attached hydrogens (primary N) is 1. The van der Waals surface area contributed by atoms with Gasteiger partial charge in [-0.15, -0.1) is 0 Å². The quantitative estimate of drug-likeness (QED) is 0.916. The van der Waals surface area contributed by atoms with Gasteiger partial charge in [-0.2, -0.15) is 0 Å². The molecule has 0 saturated carbocycles. The van der Waals surface area contributed by atoms with Crippen molar-refractivity contribution in [3.63, 3.8) is 0 Å². The van der Waals surface area contributed by atoms with E-state index in [2.05, 4.69) is 20.8 Å². The lowest BCUT2D eigenvalue weighted by atomic mass is 9.86. The summed E-state index contributed by atoms with van der Waals surface area (Å²) in [5, 5.41) is 0. The molecule has 0 bridgehead atoms. The number of hydrogen-bond donors (Lipinski definition) is 1. The Labute approximate surface area is 125 Å². The zero-order valence-corrected chi connectivity index (χ0v) is 12.8. The van der Waals surface area contributed by atoms with Crippen LogP contribution in [0.25, 0.3) is 0 Å². The number of halogens is 1. The topological polar surface area (TPSA) is 35.2 Å². The van der Waals surface area contributed by atoms with Gasteiger partial charge in [-0.3, -0.25) is 0 Å². The first kappa shape index (κ1) is 15.5. The summed E-state index contributed by atoms with van der Waals surface area (Å²) in [4.78, 5) is 0. The van der Waals surface area contributed by atoms with Crippen molar-refractivity contribution in [3.05, 3.63) is 65.0 Å². The Hall–Kier alpha value is -1.87. The molecule has 0 spiro atoms. The minimum Gasteiger partial charge on any atom is -0.488 e. The Morgan fingerprint density at radius 2 is 1.81 bits per heavy atom. The molecule has 0 fully saturated rings. The summed E-state index contributed by atoms with van der Waals surface area (Å²) in [7, 11) is 0. The van der Waals surface area contributed by atoms with Crippen LogP contribution in [-0.4, -0.2) is 0 Å². The average molecular weight is 287 g/mol. The predicted molar refractivity (Wildman–Crippen MR) is 83.8 cm³/mol. The van der Waals surface area contributed by atoms with Crippen LogP contribution in [-0.2, 0) is 18.6 Å². The minimum atomic E-state index is -0.263. The van der Waals surface area contributed by atoms with Crippen LogP contribution in [0, 0.1) is 5.82 Å². The highest BCUT2D eigenvalue weighted by Gasteiger charge is 2.18. The number of hydrogen-bond acceptors (Lipinski definition) is 2. The monoisotopic (exact) mass is 287 g/mol. The van der Waals surface area contributed by atoms with Gasteiger partial charge in [-0.25, -0.2) is 4.39 Å². The van der Waals surface area contributed by atoms with Crippen LogP contribution in [0.5, 0.6) is 5.75 Å². The van der Waals surface area contributed by atoms with E-state index in [0.717, 1.165) is 16.9 Å². The van der Waals surface area contributed by atoms with Gasteiger partial charge in [0, 0.05) is 12.1 Å². The summed E-state index contributed by atoms with van der Waals surface area (Å²) in [6.45, 7) is 6.99. The van der Waals surface area contributed by atoms with E-state index in [1.54, 1.807) is 12.1 Å². The van der Waals surface area contributed by atoms with E-state index < -0.39 is 0 Å². The van der Waals surface area contributed by atoms with E-state index in [-0.39, 0.29) is 17.8 Å². The third-order valence-electron chi connectivity index (χ3n) is 3.42. The van der Waals surface area contributed by atoms with E-state index in [1.807, 2.05) is 24.3 Å². The van der Waals surface area contributed by atoms with Gasteiger partial charge in [0.2, 0.25) is 0 Å². The first-order valence-electron chi connectivity index (χ1n) is 7.11. The minimum absolute atomic E-state index is 0.0196. The predicted octanol–water partition coefficient (Wildman–Crippen LogP) is 4.16. The fourth-order valence-electron chi connectivity index (χ4n) is 2.23. The Morgan fingerprint density at radius 1 is 1.10 bits per heavy atom. The van der Waals surface area contributed by atoms with Crippen LogP contribution in [0.15, 0.2) is 42.5 Å². The maximum absolute atomic E-state index is 13.8. The molecule has 0 unspecified atom stereocenters. The highest BCUT2D eigenvalue weighted by atomic mass is 19.1. The van der Waals surface area contributed by atoms with Crippen molar-refractivity contribution in [2.45, 2.75) is 39.3 Å². The zero-order chi connectivity index (χ0) is 15.5.